The molecular weight excluding hydrogens is 531 g/mol. The van der Waals surface area contributed by atoms with Crippen molar-refractivity contribution in [3.05, 3.63) is 95.5 Å². The van der Waals surface area contributed by atoms with Crippen molar-refractivity contribution in [2.24, 2.45) is 0 Å². The van der Waals surface area contributed by atoms with E-state index in [9.17, 15) is 8.60 Å². The summed E-state index contributed by atoms with van der Waals surface area (Å²) in [6.45, 7) is 0.501. The quantitative estimate of drug-likeness (QED) is 0.165. The van der Waals surface area contributed by atoms with E-state index in [2.05, 4.69) is 20.6 Å². The first-order valence-corrected chi connectivity index (χ1v) is 13.2. The molecule has 194 valence electrons. The van der Waals surface area contributed by atoms with Gasteiger partial charge in [0.05, 0.1) is 16.3 Å². The Bertz CT molecular complexity index is 1610. The second-order valence-electron chi connectivity index (χ2n) is 8.26. The highest BCUT2D eigenvalue weighted by molar-refractivity contribution is 7.79. The third kappa shape index (κ3) is 6.28. The fourth-order valence-electron chi connectivity index (χ4n) is 3.78. The summed E-state index contributed by atoms with van der Waals surface area (Å²) in [5, 5.41) is 7.43. The van der Waals surface area contributed by atoms with Crippen LogP contribution in [0.15, 0.2) is 83.5 Å². The molecule has 8 nitrogen and oxygen atoms in total. The Morgan fingerprint density at radius 2 is 1.95 bits per heavy atom. The molecule has 0 spiro atoms. The lowest BCUT2D eigenvalue weighted by Gasteiger charge is -2.12. The summed E-state index contributed by atoms with van der Waals surface area (Å²) >= 11 is 4.58. The highest BCUT2D eigenvalue weighted by Gasteiger charge is 2.11. The Labute approximate surface area is 225 Å². The van der Waals surface area contributed by atoms with Gasteiger partial charge in [-0.05, 0) is 60.2 Å². The highest BCUT2D eigenvalue weighted by atomic mass is 35.5. The fraction of sp³-hybridized carbons (Fsp3) is 0.111. The van der Waals surface area contributed by atoms with E-state index in [1.54, 1.807) is 30.3 Å². The summed E-state index contributed by atoms with van der Waals surface area (Å²) in [4.78, 5) is 8.76. The lowest BCUT2D eigenvalue weighted by molar-refractivity contribution is 0.306. The number of rotatable bonds is 10. The van der Waals surface area contributed by atoms with Crippen LogP contribution in [-0.2, 0) is 17.7 Å². The third-order valence-electron chi connectivity index (χ3n) is 5.58. The minimum absolute atomic E-state index is 0.0997. The summed E-state index contributed by atoms with van der Waals surface area (Å²) in [7, 11) is 0. The predicted molar refractivity (Wildman–Crippen MR) is 147 cm³/mol. The van der Waals surface area contributed by atoms with Crippen molar-refractivity contribution in [3.8, 4) is 17.1 Å². The van der Waals surface area contributed by atoms with Gasteiger partial charge in [0, 0.05) is 29.2 Å². The molecule has 0 aliphatic heterocycles. The number of nitrogens with one attached hydrogen (secondary N) is 2. The van der Waals surface area contributed by atoms with E-state index in [1.807, 2.05) is 30.3 Å². The molecule has 0 radical (unpaired) electrons. The van der Waals surface area contributed by atoms with Gasteiger partial charge in [-0.3, -0.25) is 0 Å². The van der Waals surface area contributed by atoms with Crippen molar-refractivity contribution in [2.75, 3.05) is 22.9 Å². The van der Waals surface area contributed by atoms with Crippen LogP contribution in [0.2, 0.25) is 5.02 Å². The summed E-state index contributed by atoms with van der Waals surface area (Å²) in [6.07, 6.45) is 1.47. The number of aromatic nitrogens is 2. The van der Waals surface area contributed by atoms with Crippen LogP contribution in [0, 0.1) is 5.82 Å². The molecule has 1 unspecified atom stereocenters. The number of furan rings is 1. The second-order valence-corrected chi connectivity index (χ2v) is 9.72. The van der Waals surface area contributed by atoms with Gasteiger partial charge in [0.15, 0.2) is 17.0 Å². The van der Waals surface area contributed by atoms with Crippen molar-refractivity contribution in [1.29, 1.82) is 0 Å². The zero-order valence-electron chi connectivity index (χ0n) is 19.9. The van der Waals surface area contributed by atoms with Gasteiger partial charge in [-0.2, -0.15) is 0 Å². The molecule has 0 aliphatic rings. The SMILES string of the molecule is O=S(O)CCNc1ccc(-c2ccc3ncnc(Nc4ccc(OCc5cccc(F)c5)c(Cl)c4)c3c2)o1. The molecule has 0 amide bonds. The number of benzene rings is 3. The summed E-state index contributed by atoms with van der Waals surface area (Å²) < 4.78 is 44.8. The molecular formula is C27H22ClFN4O4S. The van der Waals surface area contributed by atoms with Crippen LogP contribution in [0.5, 0.6) is 5.75 Å². The monoisotopic (exact) mass is 552 g/mol. The van der Waals surface area contributed by atoms with Crippen molar-refractivity contribution in [3.63, 3.8) is 0 Å². The first-order valence-electron chi connectivity index (χ1n) is 11.5. The van der Waals surface area contributed by atoms with E-state index in [0.29, 0.717) is 46.0 Å². The van der Waals surface area contributed by atoms with Gasteiger partial charge >= 0.3 is 0 Å². The van der Waals surface area contributed by atoms with Gasteiger partial charge in [0.2, 0.25) is 0 Å². The van der Waals surface area contributed by atoms with Gasteiger partial charge < -0.3 is 24.3 Å². The average molecular weight is 553 g/mol. The van der Waals surface area contributed by atoms with E-state index in [4.69, 9.17) is 25.3 Å². The van der Waals surface area contributed by atoms with Crippen LogP contribution in [0.3, 0.4) is 0 Å². The van der Waals surface area contributed by atoms with Crippen LogP contribution in [0.25, 0.3) is 22.2 Å². The normalized spacial score (nSPS) is 11.9. The largest absolute Gasteiger partial charge is 0.487 e. The van der Waals surface area contributed by atoms with Crippen LogP contribution in [0.1, 0.15) is 5.56 Å². The van der Waals surface area contributed by atoms with Crippen molar-refractivity contribution < 1.29 is 22.3 Å². The lowest BCUT2D eigenvalue weighted by Crippen LogP contribution is -2.09. The van der Waals surface area contributed by atoms with Gasteiger partial charge in [-0.15, -0.1) is 0 Å². The second kappa shape index (κ2) is 11.6. The smallest absolute Gasteiger partial charge is 0.193 e. The van der Waals surface area contributed by atoms with Crippen LogP contribution >= 0.6 is 11.6 Å². The van der Waals surface area contributed by atoms with Crippen LogP contribution in [0.4, 0.5) is 21.8 Å². The molecule has 3 N–H and O–H groups in total. The predicted octanol–water partition coefficient (Wildman–Crippen LogP) is 6.64. The van der Waals surface area contributed by atoms with Crippen molar-refractivity contribution >= 4 is 51.0 Å². The maximum absolute atomic E-state index is 13.4. The van der Waals surface area contributed by atoms with E-state index in [-0.39, 0.29) is 18.2 Å². The molecule has 2 heterocycles. The van der Waals surface area contributed by atoms with E-state index >= 15 is 0 Å². The topological polar surface area (TPSA) is 110 Å². The first-order chi connectivity index (χ1) is 18.4. The van der Waals surface area contributed by atoms with Gasteiger partial charge in [-0.1, -0.05) is 23.7 Å². The maximum Gasteiger partial charge on any atom is 0.193 e. The summed E-state index contributed by atoms with van der Waals surface area (Å²) in [5.74, 6) is 1.96. The number of hydrogen-bond donors (Lipinski definition) is 3. The lowest BCUT2D eigenvalue weighted by atomic mass is 10.1. The minimum Gasteiger partial charge on any atom is -0.487 e. The maximum atomic E-state index is 13.4. The Kier molecular flexibility index (Phi) is 7.83. The molecule has 11 heteroatoms. The van der Waals surface area contributed by atoms with Crippen molar-refractivity contribution in [2.45, 2.75) is 6.61 Å². The molecule has 5 rings (SSSR count). The molecule has 0 aliphatic carbocycles. The average Bonchev–Trinajstić information content (AvgIpc) is 3.37. The Balaban J connectivity index is 1.32. The summed E-state index contributed by atoms with van der Waals surface area (Å²) in [6, 6.07) is 20.8. The standard InChI is InChI=1S/C27H22ClFN4O4S/c28-22-14-20(5-7-25(22)36-15-17-2-1-3-19(29)12-17)33-27-21-13-18(4-6-23(21)31-16-32-27)24-8-9-26(37-24)30-10-11-38(34)35/h1-9,12-14,16,30H,10-11,15H2,(H,34,35)(H,31,32,33). The molecule has 0 saturated carbocycles. The number of fused-ring (bicyclic) bond motifs is 1. The number of halogens is 2. The highest BCUT2D eigenvalue weighted by Crippen LogP contribution is 2.33. The van der Waals surface area contributed by atoms with Crippen LogP contribution < -0.4 is 15.4 Å². The van der Waals surface area contributed by atoms with Gasteiger partial charge in [-0.25, -0.2) is 18.6 Å². The summed E-state index contributed by atoms with van der Waals surface area (Å²) in [5.41, 5.74) is 2.95. The zero-order valence-corrected chi connectivity index (χ0v) is 21.4. The molecule has 5 aromatic rings. The van der Waals surface area contributed by atoms with Gasteiger partial charge in [0.25, 0.3) is 0 Å². The molecule has 0 saturated heterocycles. The Morgan fingerprint density at radius 1 is 1.05 bits per heavy atom. The molecule has 2 aromatic heterocycles. The van der Waals surface area contributed by atoms with E-state index < -0.39 is 11.1 Å². The minimum atomic E-state index is -1.87. The Hall–Kier alpha value is -3.99. The molecule has 3 aromatic carbocycles. The molecule has 1 atom stereocenters. The van der Waals surface area contributed by atoms with Gasteiger partial charge in [0.1, 0.15) is 36.1 Å². The van der Waals surface area contributed by atoms with Crippen molar-refractivity contribution in [1.82, 2.24) is 9.97 Å². The first kappa shape index (κ1) is 25.7. The zero-order chi connectivity index (χ0) is 26.5. The third-order valence-corrected chi connectivity index (χ3v) is 6.43. The van der Waals surface area contributed by atoms with E-state index in [1.165, 1.54) is 18.5 Å². The number of ether oxygens (including phenoxy) is 1. The molecule has 0 bridgehead atoms. The van der Waals surface area contributed by atoms with E-state index in [0.717, 1.165) is 16.5 Å². The number of hydrogen-bond acceptors (Lipinski definition) is 7. The number of anilines is 3. The Morgan fingerprint density at radius 3 is 2.76 bits per heavy atom. The number of nitrogens with zero attached hydrogens (tertiary/aromatic N) is 2. The molecule has 0 fully saturated rings. The van der Waals surface area contributed by atoms with Crippen LogP contribution in [-0.4, -0.2) is 31.0 Å². The fourth-order valence-corrected chi connectivity index (χ4v) is 4.29. The molecule has 38 heavy (non-hydrogen) atoms.